The van der Waals surface area contributed by atoms with Crippen LogP contribution in [0, 0.1) is 0 Å². The van der Waals surface area contributed by atoms with E-state index in [1.54, 1.807) is 0 Å². The van der Waals surface area contributed by atoms with Gasteiger partial charge in [-0.15, -0.1) is 0 Å². The minimum atomic E-state index is -0.526. The quantitative estimate of drug-likeness (QED) is 0.183. The summed E-state index contributed by atoms with van der Waals surface area (Å²) < 4.78 is 7.01. The van der Waals surface area contributed by atoms with E-state index in [0.717, 1.165) is 16.9 Å². The third-order valence-corrected chi connectivity index (χ3v) is 11.8. The third kappa shape index (κ3) is 3.42. The second kappa shape index (κ2) is 9.94. The van der Waals surface area contributed by atoms with Gasteiger partial charge in [-0.05, 0) is 91.7 Å². The minimum absolute atomic E-state index is 0.259. The van der Waals surface area contributed by atoms with E-state index in [4.69, 9.17) is 4.74 Å². The van der Waals surface area contributed by atoms with E-state index in [0.29, 0.717) is 0 Å². The number of rotatable bonds is 2. The third-order valence-electron chi connectivity index (χ3n) is 11.8. The predicted octanol–water partition coefficient (Wildman–Crippen LogP) is 12.3. The first kappa shape index (κ1) is 27.7. The molecule has 0 N–H and O–H groups in total. The molecule has 0 amide bonds. The van der Waals surface area contributed by atoms with Crippen molar-refractivity contribution in [2.24, 2.45) is 0 Å². The van der Waals surface area contributed by atoms with Crippen LogP contribution < -0.4 is 4.74 Å². The lowest BCUT2D eigenvalue weighted by Crippen LogP contribution is -2.32. The first-order valence-corrected chi connectivity index (χ1v) is 17.5. The zero-order valence-corrected chi connectivity index (χ0v) is 27.7. The van der Waals surface area contributed by atoms with Crippen molar-refractivity contribution in [1.82, 2.24) is 0 Å². The molecule has 1 spiro atoms. The fourth-order valence-corrected chi connectivity index (χ4v) is 9.56. The van der Waals surface area contributed by atoms with E-state index in [-0.39, 0.29) is 5.41 Å². The fourth-order valence-electron chi connectivity index (χ4n) is 9.56. The largest absolute Gasteiger partial charge is 0.456 e. The first-order chi connectivity index (χ1) is 24.7. The van der Waals surface area contributed by atoms with E-state index in [1.165, 1.54) is 77.7 Å². The summed E-state index contributed by atoms with van der Waals surface area (Å²) >= 11 is 0. The summed E-state index contributed by atoms with van der Waals surface area (Å²) in [4.78, 5) is 0. The lowest BCUT2D eigenvalue weighted by molar-refractivity contribution is 0.442. The summed E-state index contributed by atoms with van der Waals surface area (Å²) in [6.45, 7) is 2.39. The number of benzene rings is 8. The maximum atomic E-state index is 7.01. The molecule has 1 heteroatoms. The van der Waals surface area contributed by atoms with Gasteiger partial charge in [-0.2, -0.15) is 0 Å². The molecule has 1 atom stereocenters. The molecule has 0 saturated carbocycles. The van der Waals surface area contributed by atoms with Crippen LogP contribution >= 0.6 is 0 Å². The van der Waals surface area contributed by atoms with Crippen molar-refractivity contribution in [3.8, 4) is 44.9 Å². The van der Waals surface area contributed by atoms with Crippen LogP contribution in [0.2, 0.25) is 0 Å². The Balaban J connectivity index is 1.18. The van der Waals surface area contributed by atoms with Gasteiger partial charge in [0.25, 0.3) is 0 Å². The summed E-state index contributed by atoms with van der Waals surface area (Å²) in [5.74, 6) is 1.86. The van der Waals surface area contributed by atoms with E-state index >= 15 is 0 Å². The molecular formula is C49H32O. The Morgan fingerprint density at radius 2 is 0.960 bits per heavy atom. The first-order valence-electron chi connectivity index (χ1n) is 17.5. The molecule has 0 saturated heterocycles. The van der Waals surface area contributed by atoms with Crippen LogP contribution in [-0.2, 0) is 10.8 Å². The average Bonchev–Trinajstić information content (AvgIpc) is 3.62. The standard InChI is InChI=1S/C49H32O/c1-48(34-14-3-2-4-15-34)40-20-10-7-17-36(40)39-26-23-32(29-44(39)48)33-25-28-46-45(30-33)49(43-27-24-31-13-5-6-16-35(31)47(43)50-46)41-21-11-8-18-37(41)38-19-9-12-22-42(38)49/h2-30H,1H3. The molecule has 3 aliphatic rings. The van der Waals surface area contributed by atoms with Crippen LogP contribution in [0.4, 0.5) is 0 Å². The molecule has 0 bridgehead atoms. The van der Waals surface area contributed by atoms with Gasteiger partial charge < -0.3 is 4.74 Å². The Hall–Kier alpha value is -6.18. The van der Waals surface area contributed by atoms with E-state index in [9.17, 15) is 0 Å². The van der Waals surface area contributed by atoms with Crippen LogP contribution in [0.15, 0.2) is 176 Å². The highest BCUT2D eigenvalue weighted by molar-refractivity contribution is 5.96. The number of fused-ring (bicyclic) bond motifs is 14. The van der Waals surface area contributed by atoms with Gasteiger partial charge in [0, 0.05) is 21.9 Å². The van der Waals surface area contributed by atoms with E-state index in [2.05, 4.69) is 183 Å². The maximum Gasteiger partial charge on any atom is 0.140 e. The van der Waals surface area contributed by atoms with Crippen LogP contribution in [0.1, 0.15) is 45.9 Å². The Morgan fingerprint density at radius 3 is 1.70 bits per heavy atom. The molecule has 234 valence electrons. The van der Waals surface area contributed by atoms with Gasteiger partial charge >= 0.3 is 0 Å². The fraction of sp³-hybridized carbons (Fsp3) is 0.0612. The van der Waals surface area contributed by atoms with Crippen molar-refractivity contribution in [2.75, 3.05) is 0 Å². The van der Waals surface area contributed by atoms with E-state index in [1.807, 2.05) is 0 Å². The molecular weight excluding hydrogens is 605 g/mol. The van der Waals surface area contributed by atoms with Crippen molar-refractivity contribution in [1.29, 1.82) is 0 Å². The molecule has 2 aliphatic carbocycles. The van der Waals surface area contributed by atoms with Gasteiger partial charge in [0.2, 0.25) is 0 Å². The zero-order valence-electron chi connectivity index (χ0n) is 27.7. The molecule has 8 aromatic carbocycles. The smallest absolute Gasteiger partial charge is 0.140 e. The highest BCUT2D eigenvalue weighted by atomic mass is 16.5. The van der Waals surface area contributed by atoms with Gasteiger partial charge in [0.05, 0.1) is 5.41 Å². The topological polar surface area (TPSA) is 9.23 Å². The van der Waals surface area contributed by atoms with Gasteiger partial charge in [0.1, 0.15) is 11.5 Å². The zero-order chi connectivity index (χ0) is 33.0. The van der Waals surface area contributed by atoms with Gasteiger partial charge in [-0.25, -0.2) is 0 Å². The van der Waals surface area contributed by atoms with Gasteiger partial charge in [-0.1, -0.05) is 158 Å². The monoisotopic (exact) mass is 636 g/mol. The second-order valence-corrected chi connectivity index (χ2v) is 14.1. The Morgan fingerprint density at radius 1 is 0.400 bits per heavy atom. The summed E-state index contributed by atoms with van der Waals surface area (Å²) in [7, 11) is 0. The molecule has 1 aliphatic heterocycles. The Kier molecular flexibility index (Phi) is 5.51. The van der Waals surface area contributed by atoms with Crippen molar-refractivity contribution in [3.05, 3.63) is 215 Å². The van der Waals surface area contributed by atoms with Crippen molar-refractivity contribution < 1.29 is 4.74 Å². The van der Waals surface area contributed by atoms with Crippen LogP contribution in [0.25, 0.3) is 44.2 Å². The molecule has 11 rings (SSSR count). The summed E-state index contributed by atoms with van der Waals surface area (Å²) in [5.41, 5.74) is 15.8. The molecule has 50 heavy (non-hydrogen) atoms. The summed E-state index contributed by atoms with van der Waals surface area (Å²) in [5, 5.41) is 2.32. The molecule has 1 nitrogen and oxygen atoms in total. The highest BCUT2D eigenvalue weighted by Crippen LogP contribution is 2.63. The Labute approximate surface area is 292 Å². The summed E-state index contributed by atoms with van der Waals surface area (Å²) in [6.07, 6.45) is 0. The van der Waals surface area contributed by atoms with Crippen LogP contribution in [0.3, 0.4) is 0 Å². The molecule has 0 aromatic heterocycles. The molecule has 1 unspecified atom stereocenters. The lowest BCUT2D eigenvalue weighted by atomic mass is 9.65. The van der Waals surface area contributed by atoms with Gasteiger partial charge in [0.15, 0.2) is 0 Å². The molecule has 1 heterocycles. The highest BCUT2D eigenvalue weighted by Gasteiger charge is 2.51. The predicted molar refractivity (Wildman–Crippen MR) is 204 cm³/mol. The van der Waals surface area contributed by atoms with Crippen molar-refractivity contribution >= 4 is 10.8 Å². The normalized spacial score (nSPS) is 16.9. The number of hydrogen-bond donors (Lipinski definition) is 0. The molecule has 0 radical (unpaired) electrons. The lowest BCUT2D eigenvalue weighted by Gasteiger charge is -2.40. The SMILES string of the molecule is CC1(c2ccccc2)c2ccccc2-c2ccc(-c3ccc4c(c3)C3(c5ccccc5-c5ccccc53)c3ccc5ccccc5c3O4)cc21. The number of hydrogen-bond acceptors (Lipinski definition) is 1. The van der Waals surface area contributed by atoms with Crippen LogP contribution in [0.5, 0.6) is 11.5 Å². The average molecular weight is 637 g/mol. The van der Waals surface area contributed by atoms with Gasteiger partial charge in [-0.3, -0.25) is 0 Å². The van der Waals surface area contributed by atoms with Crippen molar-refractivity contribution in [3.63, 3.8) is 0 Å². The van der Waals surface area contributed by atoms with Crippen LogP contribution in [-0.4, -0.2) is 0 Å². The molecule has 8 aromatic rings. The second-order valence-electron chi connectivity index (χ2n) is 14.1. The summed E-state index contributed by atoms with van der Waals surface area (Å²) in [6, 6.07) is 64.9. The Bertz CT molecular complexity index is 2660. The minimum Gasteiger partial charge on any atom is -0.456 e. The maximum absolute atomic E-state index is 7.01. The van der Waals surface area contributed by atoms with Crippen molar-refractivity contribution in [2.45, 2.75) is 17.8 Å². The number of ether oxygens (including phenoxy) is 1. The van der Waals surface area contributed by atoms with E-state index < -0.39 is 5.41 Å². The molecule has 0 fully saturated rings.